The Labute approximate surface area is 348 Å². The lowest BCUT2D eigenvalue weighted by Gasteiger charge is -2.15. The van der Waals surface area contributed by atoms with Crippen molar-refractivity contribution in [2.75, 3.05) is 13.2 Å². The normalized spacial score (nSPS) is 12.6. The molecule has 0 aromatic heterocycles. The van der Waals surface area contributed by atoms with E-state index >= 15 is 0 Å². The summed E-state index contributed by atoms with van der Waals surface area (Å²) in [4.78, 5) is 24.4. The second-order valence-electron chi connectivity index (χ2n) is 16.2. The van der Waals surface area contributed by atoms with E-state index in [1.165, 1.54) is 167 Å². The molecule has 5 heteroatoms. The van der Waals surface area contributed by atoms with Crippen LogP contribution in [0.1, 0.15) is 245 Å². The van der Waals surface area contributed by atoms with Crippen molar-refractivity contribution in [1.82, 2.24) is 0 Å². The molecule has 0 heterocycles. The zero-order valence-electron chi connectivity index (χ0n) is 37.1. The maximum absolute atomic E-state index is 12.2. The molecule has 0 aromatic carbocycles. The van der Waals surface area contributed by atoms with Gasteiger partial charge in [-0.1, -0.05) is 229 Å². The van der Waals surface area contributed by atoms with E-state index in [1.54, 1.807) is 0 Å². The molecule has 0 aliphatic carbocycles. The van der Waals surface area contributed by atoms with Crippen molar-refractivity contribution in [3.05, 3.63) is 48.6 Å². The summed E-state index contributed by atoms with van der Waals surface area (Å²) in [6, 6.07) is 0. The lowest BCUT2D eigenvalue weighted by molar-refractivity contribution is -0.161. The fraction of sp³-hybridized carbons (Fsp3) is 0.804. The summed E-state index contributed by atoms with van der Waals surface area (Å²) in [5.41, 5.74) is 0. The van der Waals surface area contributed by atoms with Crippen LogP contribution in [0.25, 0.3) is 0 Å². The van der Waals surface area contributed by atoms with Gasteiger partial charge in [0.05, 0.1) is 6.61 Å². The highest BCUT2D eigenvalue weighted by Crippen LogP contribution is 2.16. The quantitative estimate of drug-likeness (QED) is 0.0378. The van der Waals surface area contributed by atoms with E-state index in [9.17, 15) is 14.7 Å². The van der Waals surface area contributed by atoms with Crippen LogP contribution in [0.3, 0.4) is 0 Å². The molecule has 0 aliphatic rings. The highest BCUT2D eigenvalue weighted by atomic mass is 16.6. The number of carbonyl (C=O) groups excluding carboxylic acids is 2. The van der Waals surface area contributed by atoms with Gasteiger partial charge in [0.2, 0.25) is 0 Å². The molecule has 0 radical (unpaired) electrons. The van der Waals surface area contributed by atoms with Gasteiger partial charge in [0.1, 0.15) is 6.61 Å². The van der Waals surface area contributed by atoms with Crippen LogP contribution >= 0.6 is 0 Å². The molecule has 56 heavy (non-hydrogen) atoms. The summed E-state index contributed by atoms with van der Waals surface area (Å²) < 4.78 is 10.6. The molecule has 5 nitrogen and oxygen atoms in total. The number of rotatable bonds is 44. The van der Waals surface area contributed by atoms with Crippen LogP contribution in [0.15, 0.2) is 48.6 Å². The molecular formula is C51H92O5. The molecule has 0 amide bonds. The Morgan fingerprint density at radius 1 is 0.411 bits per heavy atom. The minimum Gasteiger partial charge on any atom is -0.462 e. The molecule has 0 aliphatic heterocycles. The highest BCUT2D eigenvalue weighted by molar-refractivity contribution is 5.70. The van der Waals surface area contributed by atoms with Crippen molar-refractivity contribution >= 4 is 11.9 Å². The SMILES string of the molecule is CCCCCCCCC/C=C/C/C=C/C/C=C/C/C=C/CCCC(=O)OC[C@H](CO)OC(=O)CCCCCCCCCCCCCCCCCCCCCCC. The Hall–Kier alpha value is -2.14. The predicted molar refractivity (Wildman–Crippen MR) is 242 cm³/mol. The third kappa shape index (κ3) is 44.6. The Morgan fingerprint density at radius 3 is 1.12 bits per heavy atom. The summed E-state index contributed by atoms with van der Waals surface area (Å²) in [6.07, 6.45) is 60.6. The highest BCUT2D eigenvalue weighted by Gasteiger charge is 2.16. The van der Waals surface area contributed by atoms with Crippen LogP contribution in [-0.4, -0.2) is 36.4 Å². The number of unbranched alkanes of at least 4 members (excludes halogenated alkanes) is 28. The number of esters is 2. The van der Waals surface area contributed by atoms with Gasteiger partial charge in [0, 0.05) is 12.8 Å². The van der Waals surface area contributed by atoms with Gasteiger partial charge in [-0.25, -0.2) is 0 Å². The van der Waals surface area contributed by atoms with Gasteiger partial charge in [-0.3, -0.25) is 9.59 Å². The molecule has 0 spiro atoms. The van der Waals surface area contributed by atoms with E-state index in [1.807, 2.05) is 0 Å². The van der Waals surface area contributed by atoms with Crippen LogP contribution in [0.4, 0.5) is 0 Å². The van der Waals surface area contributed by atoms with Crippen molar-refractivity contribution in [2.24, 2.45) is 0 Å². The molecule has 0 aromatic rings. The summed E-state index contributed by atoms with van der Waals surface area (Å²) in [7, 11) is 0. The molecule has 0 fully saturated rings. The van der Waals surface area contributed by atoms with E-state index in [-0.39, 0.29) is 25.2 Å². The molecule has 0 saturated heterocycles. The smallest absolute Gasteiger partial charge is 0.306 e. The number of aliphatic hydroxyl groups is 1. The summed E-state index contributed by atoms with van der Waals surface area (Å²) in [5, 5.41) is 9.60. The minimum atomic E-state index is -0.793. The summed E-state index contributed by atoms with van der Waals surface area (Å²) >= 11 is 0. The average molecular weight is 785 g/mol. The van der Waals surface area contributed by atoms with Gasteiger partial charge >= 0.3 is 11.9 Å². The second-order valence-corrected chi connectivity index (χ2v) is 16.2. The van der Waals surface area contributed by atoms with Crippen LogP contribution in [-0.2, 0) is 19.1 Å². The molecule has 1 N–H and O–H groups in total. The van der Waals surface area contributed by atoms with Crippen molar-refractivity contribution in [1.29, 1.82) is 0 Å². The van der Waals surface area contributed by atoms with Crippen molar-refractivity contribution < 1.29 is 24.2 Å². The largest absolute Gasteiger partial charge is 0.462 e. The van der Waals surface area contributed by atoms with Gasteiger partial charge in [-0.2, -0.15) is 0 Å². The first-order valence-electron chi connectivity index (χ1n) is 24.2. The van der Waals surface area contributed by atoms with Crippen molar-refractivity contribution in [3.8, 4) is 0 Å². The number of carbonyl (C=O) groups is 2. The van der Waals surface area contributed by atoms with Gasteiger partial charge in [0.25, 0.3) is 0 Å². The van der Waals surface area contributed by atoms with Crippen LogP contribution in [0.2, 0.25) is 0 Å². The predicted octanol–water partition coefficient (Wildman–Crippen LogP) is 15.7. The number of hydrogen-bond donors (Lipinski definition) is 1. The molecular weight excluding hydrogens is 693 g/mol. The minimum absolute atomic E-state index is 0.0923. The fourth-order valence-corrected chi connectivity index (χ4v) is 6.96. The third-order valence-electron chi connectivity index (χ3n) is 10.6. The maximum atomic E-state index is 12.2. The van der Waals surface area contributed by atoms with Gasteiger partial charge < -0.3 is 14.6 Å². The zero-order valence-corrected chi connectivity index (χ0v) is 37.1. The first-order valence-corrected chi connectivity index (χ1v) is 24.2. The van der Waals surface area contributed by atoms with Crippen molar-refractivity contribution in [2.45, 2.75) is 251 Å². The van der Waals surface area contributed by atoms with Gasteiger partial charge in [-0.15, -0.1) is 0 Å². The summed E-state index contributed by atoms with van der Waals surface area (Å²) in [5.74, 6) is -0.647. The number of hydrogen-bond acceptors (Lipinski definition) is 5. The Kier molecular flexibility index (Phi) is 45.4. The standard InChI is InChI=1S/C51H92O5/c1-3-5-7-9-11-13-15-17-19-21-23-25-27-29-31-33-35-37-39-41-43-45-50(53)55-48-49(47-52)56-51(54)46-44-42-40-38-36-34-32-30-28-26-24-22-20-18-16-14-12-10-8-6-4-2/h19,21,25,27,31,33,37,39,49,52H,3-18,20,22-24,26,28-30,32,34-36,38,40-48H2,1-2H3/b21-19+,27-25+,33-31+,39-37+/t49-/m0/s1. The first kappa shape index (κ1) is 53.9. The molecule has 326 valence electrons. The van der Waals surface area contributed by atoms with Crippen molar-refractivity contribution in [3.63, 3.8) is 0 Å². The van der Waals surface area contributed by atoms with E-state index in [4.69, 9.17) is 9.47 Å². The van der Waals surface area contributed by atoms with Crippen LogP contribution in [0.5, 0.6) is 0 Å². The maximum Gasteiger partial charge on any atom is 0.306 e. The monoisotopic (exact) mass is 785 g/mol. The van der Waals surface area contributed by atoms with E-state index in [0.717, 1.165) is 44.9 Å². The first-order chi connectivity index (χ1) is 27.6. The number of ether oxygens (including phenoxy) is 2. The molecule has 0 unspecified atom stereocenters. The number of aliphatic hydroxyl groups excluding tert-OH is 1. The van der Waals surface area contributed by atoms with Crippen LogP contribution < -0.4 is 0 Å². The van der Waals surface area contributed by atoms with E-state index < -0.39 is 6.10 Å². The summed E-state index contributed by atoms with van der Waals surface area (Å²) in [6.45, 7) is 4.12. The van der Waals surface area contributed by atoms with Gasteiger partial charge in [-0.05, 0) is 51.4 Å². The number of allylic oxidation sites excluding steroid dienone is 8. The Morgan fingerprint density at radius 2 is 0.732 bits per heavy atom. The lowest BCUT2D eigenvalue weighted by atomic mass is 10.0. The molecule has 0 saturated carbocycles. The Bertz CT molecular complexity index is 935. The fourth-order valence-electron chi connectivity index (χ4n) is 6.96. The van der Waals surface area contributed by atoms with E-state index in [0.29, 0.717) is 19.3 Å². The molecule has 0 bridgehead atoms. The molecule has 1 atom stereocenters. The third-order valence-corrected chi connectivity index (χ3v) is 10.6. The second kappa shape index (κ2) is 47.2. The average Bonchev–Trinajstić information content (AvgIpc) is 3.20. The zero-order chi connectivity index (χ0) is 40.7. The topological polar surface area (TPSA) is 72.8 Å². The Balaban J connectivity index is 3.58. The lowest BCUT2D eigenvalue weighted by Crippen LogP contribution is -2.28. The van der Waals surface area contributed by atoms with Crippen LogP contribution in [0, 0.1) is 0 Å². The molecule has 0 rings (SSSR count). The van der Waals surface area contributed by atoms with Gasteiger partial charge in [0.15, 0.2) is 6.10 Å². The van der Waals surface area contributed by atoms with E-state index in [2.05, 4.69) is 62.5 Å².